The maximum absolute atomic E-state index is 12.9. The highest BCUT2D eigenvalue weighted by atomic mass is 16.5. The number of ether oxygens (including phenoxy) is 2. The molecule has 8 nitrogen and oxygen atoms in total. The van der Waals surface area contributed by atoms with Crippen LogP contribution in [-0.4, -0.2) is 49.2 Å². The summed E-state index contributed by atoms with van der Waals surface area (Å²) in [5.74, 6) is 2.86. The zero-order valence-electron chi connectivity index (χ0n) is 23.4. The average Bonchev–Trinajstić information content (AvgIpc) is 2.97. The number of para-hydroxylation sites is 1. The summed E-state index contributed by atoms with van der Waals surface area (Å²) in [6, 6.07) is 24.2. The summed E-state index contributed by atoms with van der Waals surface area (Å²) in [5.41, 5.74) is 2.90. The van der Waals surface area contributed by atoms with Crippen molar-refractivity contribution >= 4 is 28.6 Å². The lowest BCUT2D eigenvalue weighted by atomic mass is 9.91. The van der Waals surface area contributed by atoms with E-state index in [1.54, 1.807) is 7.11 Å². The maximum Gasteiger partial charge on any atom is 0.225 e. The summed E-state index contributed by atoms with van der Waals surface area (Å²) < 4.78 is 11.5. The van der Waals surface area contributed by atoms with E-state index in [2.05, 4.69) is 10.6 Å². The van der Waals surface area contributed by atoms with Crippen LogP contribution >= 0.6 is 0 Å². The van der Waals surface area contributed by atoms with E-state index in [-0.39, 0.29) is 18.0 Å². The van der Waals surface area contributed by atoms with Crippen molar-refractivity contribution < 1.29 is 14.3 Å². The number of benzene rings is 3. The maximum atomic E-state index is 12.9. The van der Waals surface area contributed by atoms with Crippen LogP contribution in [0.5, 0.6) is 11.5 Å². The summed E-state index contributed by atoms with van der Waals surface area (Å²) in [5, 5.41) is 7.79. The second kappa shape index (κ2) is 12.7. The Morgan fingerprint density at radius 2 is 1.60 bits per heavy atom. The smallest absolute Gasteiger partial charge is 0.225 e. The van der Waals surface area contributed by atoms with Crippen LogP contribution in [-0.2, 0) is 17.8 Å². The van der Waals surface area contributed by atoms with Gasteiger partial charge in [0.25, 0.3) is 0 Å². The van der Waals surface area contributed by atoms with Crippen molar-refractivity contribution in [3.63, 3.8) is 0 Å². The standard InChI is InChI=1S/C32H37N5O3/c1-37(2)31-26-11-7-8-12-27(26)35-32(36-31)34-25-16-14-24(15-17-25)33-30(38)20-23-13-18-28(29(19-23)39-3)40-21-22-9-5-4-6-10-22/h4-13,18-19,24-25H,14-17,20-21H2,1-3H3,(H,33,38)(H,34,35,36). The number of hydrogen-bond donors (Lipinski definition) is 2. The van der Waals surface area contributed by atoms with E-state index in [0.29, 0.717) is 30.5 Å². The Hall–Kier alpha value is -4.33. The number of nitrogens with one attached hydrogen (secondary N) is 2. The molecule has 2 N–H and O–H groups in total. The topological polar surface area (TPSA) is 88.6 Å². The van der Waals surface area contributed by atoms with Crippen molar-refractivity contribution in [2.75, 3.05) is 31.4 Å². The Kier molecular flexibility index (Phi) is 8.64. The second-order valence-electron chi connectivity index (χ2n) is 10.5. The van der Waals surface area contributed by atoms with E-state index in [4.69, 9.17) is 19.4 Å². The van der Waals surface area contributed by atoms with E-state index >= 15 is 0 Å². The van der Waals surface area contributed by atoms with Crippen molar-refractivity contribution in [3.8, 4) is 11.5 Å². The van der Waals surface area contributed by atoms with Crippen LogP contribution in [0.1, 0.15) is 36.8 Å². The lowest BCUT2D eigenvalue weighted by molar-refractivity contribution is -0.121. The van der Waals surface area contributed by atoms with Crippen LogP contribution in [0, 0.1) is 0 Å². The van der Waals surface area contributed by atoms with Gasteiger partial charge in [0.1, 0.15) is 12.4 Å². The van der Waals surface area contributed by atoms with Gasteiger partial charge in [-0.2, -0.15) is 4.98 Å². The Morgan fingerprint density at radius 1 is 0.875 bits per heavy atom. The van der Waals surface area contributed by atoms with Gasteiger partial charge in [-0.25, -0.2) is 4.98 Å². The van der Waals surface area contributed by atoms with E-state index in [1.165, 1.54) is 0 Å². The predicted octanol–water partition coefficient (Wildman–Crippen LogP) is 5.37. The van der Waals surface area contributed by atoms with Crippen LogP contribution < -0.4 is 25.0 Å². The number of carbonyl (C=O) groups excluding carboxylic acids is 1. The number of aromatic nitrogens is 2. The van der Waals surface area contributed by atoms with E-state index in [1.807, 2.05) is 91.8 Å². The molecule has 0 unspecified atom stereocenters. The third-order valence-electron chi connectivity index (χ3n) is 7.26. The molecule has 1 aliphatic carbocycles. The number of amides is 1. The van der Waals surface area contributed by atoms with Gasteiger partial charge in [0, 0.05) is 31.6 Å². The molecule has 3 aromatic carbocycles. The molecular weight excluding hydrogens is 502 g/mol. The SMILES string of the molecule is COc1cc(CC(=O)NC2CCC(Nc3nc(N(C)C)c4ccccc4n3)CC2)ccc1OCc1ccccc1. The Morgan fingerprint density at radius 3 is 2.35 bits per heavy atom. The third kappa shape index (κ3) is 6.81. The van der Waals surface area contributed by atoms with Crippen LogP contribution in [0.15, 0.2) is 72.8 Å². The average molecular weight is 540 g/mol. The Balaban J connectivity index is 1.11. The minimum atomic E-state index is 0.0184. The monoisotopic (exact) mass is 539 g/mol. The molecule has 0 bridgehead atoms. The minimum Gasteiger partial charge on any atom is -0.493 e. The van der Waals surface area contributed by atoms with Gasteiger partial charge in [0.15, 0.2) is 11.5 Å². The van der Waals surface area contributed by atoms with Gasteiger partial charge in [-0.1, -0.05) is 48.5 Å². The molecule has 0 saturated heterocycles. The van der Waals surface area contributed by atoms with Crippen molar-refractivity contribution in [1.29, 1.82) is 0 Å². The van der Waals surface area contributed by atoms with Gasteiger partial charge >= 0.3 is 0 Å². The second-order valence-corrected chi connectivity index (χ2v) is 10.5. The zero-order valence-corrected chi connectivity index (χ0v) is 23.4. The van der Waals surface area contributed by atoms with Gasteiger partial charge in [0.05, 0.1) is 19.0 Å². The van der Waals surface area contributed by atoms with Gasteiger partial charge in [-0.3, -0.25) is 4.79 Å². The molecular formula is C32H37N5O3. The molecule has 0 radical (unpaired) electrons. The molecule has 40 heavy (non-hydrogen) atoms. The molecule has 1 aromatic heterocycles. The highest BCUT2D eigenvalue weighted by Gasteiger charge is 2.23. The summed E-state index contributed by atoms with van der Waals surface area (Å²) in [4.78, 5) is 24.4. The third-order valence-corrected chi connectivity index (χ3v) is 7.26. The fraction of sp³-hybridized carbons (Fsp3) is 0.344. The van der Waals surface area contributed by atoms with Crippen molar-refractivity contribution in [3.05, 3.63) is 83.9 Å². The van der Waals surface area contributed by atoms with Gasteiger partial charge in [-0.05, 0) is 61.1 Å². The van der Waals surface area contributed by atoms with Crippen LogP contribution in [0.2, 0.25) is 0 Å². The summed E-state index contributed by atoms with van der Waals surface area (Å²) in [6.45, 7) is 0.457. The zero-order chi connectivity index (χ0) is 27.9. The first-order chi connectivity index (χ1) is 19.5. The quantitative estimate of drug-likeness (QED) is 0.280. The fourth-order valence-electron chi connectivity index (χ4n) is 5.17. The number of hydrogen-bond acceptors (Lipinski definition) is 7. The summed E-state index contributed by atoms with van der Waals surface area (Å²) in [6.07, 6.45) is 4.01. The van der Waals surface area contributed by atoms with Gasteiger partial charge in [-0.15, -0.1) is 0 Å². The summed E-state index contributed by atoms with van der Waals surface area (Å²) >= 11 is 0. The Bertz CT molecular complexity index is 1440. The first kappa shape index (κ1) is 27.2. The summed E-state index contributed by atoms with van der Waals surface area (Å²) in [7, 11) is 5.61. The molecule has 208 valence electrons. The lowest BCUT2D eigenvalue weighted by Crippen LogP contribution is -2.40. The highest BCUT2D eigenvalue weighted by Crippen LogP contribution is 2.30. The van der Waals surface area contributed by atoms with Crippen molar-refractivity contribution in [2.24, 2.45) is 0 Å². The minimum absolute atomic E-state index is 0.0184. The molecule has 0 aliphatic heterocycles. The molecule has 4 aromatic rings. The highest BCUT2D eigenvalue weighted by molar-refractivity contribution is 5.90. The van der Waals surface area contributed by atoms with E-state index in [9.17, 15) is 4.79 Å². The molecule has 1 saturated carbocycles. The van der Waals surface area contributed by atoms with Crippen LogP contribution in [0.25, 0.3) is 10.9 Å². The number of rotatable bonds is 10. The first-order valence-corrected chi connectivity index (χ1v) is 13.8. The molecule has 8 heteroatoms. The fourth-order valence-corrected chi connectivity index (χ4v) is 5.17. The van der Waals surface area contributed by atoms with E-state index in [0.717, 1.165) is 53.5 Å². The molecule has 1 amide bonds. The molecule has 1 heterocycles. The number of nitrogens with zero attached hydrogens (tertiary/aromatic N) is 3. The van der Waals surface area contributed by atoms with Crippen LogP contribution in [0.3, 0.4) is 0 Å². The molecule has 1 aliphatic rings. The number of methoxy groups -OCH3 is 1. The van der Waals surface area contributed by atoms with Crippen LogP contribution in [0.4, 0.5) is 11.8 Å². The lowest BCUT2D eigenvalue weighted by Gasteiger charge is -2.30. The predicted molar refractivity (Wildman–Crippen MR) is 159 cm³/mol. The van der Waals surface area contributed by atoms with Gasteiger partial charge in [0.2, 0.25) is 11.9 Å². The molecule has 5 rings (SSSR count). The molecule has 0 spiro atoms. The molecule has 1 fully saturated rings. The first-order valence-electron chi connectivity index (χ1n) is 13.8. The number of carbonyl (C=O) groups is 1. The normalized spacial score (nSPS) is 16.8. The molecule has 0 atom stereocenters. The van der Waals surface area contributed by atoms with Crippen molar-refractivity contribution in [1.82, 2.24) is 15.3 Å². The van der Waals surface area contributed by atoms with E-state index < -0.39 is 0 Å². The van der Waals surface area contributed by atoms with Crippen molar-refractivity contribution in [2.45, 2.75) is 50.8 Å². The van der Waals surface area contributed by atoms with Gasteiger partial charge < -0.3 is 25.0 Å². The number of anilines is 2. The largest absolute Gasteiger partial charge is 0.493 e. The Labute approximate surface area is 235 Å². The number of fused-ring (bicyclic) bond motifs is 1.